The molecule has 1 aliphatic heterocycles. The van der Waals surface area contributed by atoms with E-state index in [0.717, 1.165) is 25.7 Å². The fourth-order valence-electron chi connectivity index (χ4n) is 4.99. The fraction of sp³-hybridized carbons (Fsp3) is 0.778. The Hall–Kier alpha value is -1.49. The van der Waals surface area contributed by atoms with Gasteiger partial charge < -0.3 is 64.5 Å². The largest absolute Gasteiger partial charge is 0.490 e. The number of phosphoric ester groups is 1. The second-order valence-electron chi connectivity index (χ2n) is 11.5. The van der Waals surface area contributed by atoms with E-state index in [1.165, 1.54) is 10.8 Å². The molecule has 1 aliphatic rings. The van der Waals surface area contributed by atoms with E-state index in [9.17, 15) is 33.7 Å². The molecule has 25 heteroatoms. The number of aliphatic hydroxyl groups is 2. The zero-order chi connectivity index (χ0) is 38.2. The second-order valence-corrected chi connectivity index (χ2v) is 16.0. The van der Waals surface area contributed by atoms with E-state index >= 15 is 0 Å². The number of aryl methyl sites for hydroxylation is 1. The number of nitrogens with one attached hydrogen (secondary N) is 1. The van der Waals surface area contributed by atoms with Crippen molar-refractivity contribution in [3.05, 3.63) is 18.6 Å². The Balaban J connectivity index is 1.36. The van der Waals surface area contributed by atoms with E-state index in [-0.39, 0.29) is 0 Å². The van der Waals surface area contributed by atoms with Crippen LogP contribution in [0.5, 0.6) is 0 Å². The lowest BCUT2D eigenvalue weighted by molar-refractivity contribution is -0.745. The van der Waals surface area contributed by atoms with Gasteiger partial charge in [-0.1, -0.05) is 0 Å². The highest BCUT2D eigenvalue weighted by molar-refractivity contribution is 7.66. The zero-order valence-electron chi connectivity index (χ0n) is 28.8. The third-order valence-electron chi connectivity index (χ3n) is 7.32. The lowest BCUT2D eigenvalue weighted by Crippen LogP contribution is -2.45. The Morgan fingerprint density at radius 1 is 0.846 bits per heavy atom. The molecular weight excluding hydrogens is 759 g/mol. The first-order valence-electron chi connectivity index (χ1n) is 16.5. The monoisotopic (exact) mass is 810 g/mol. The van der Waals surface area contributed by atoms with Crippen LogP contribution in [0.25, 0.3) is 11.2 Å². The van der Waals surface area contributed by atoms with E-state index in [2.05, 4.69) is 23.4 Å². The molecule has 0 spiro atoms. The molecule has 6 unspecified atom stereocenters. The lowest BCUT2D eigenvalue weighted by Gasteiger charge is -2.18. The van der Waals surface area contributed by atoms with Gasteiger partial charge in [-0.3, -0.25) is 9.09 Å². The molecule has 0 aromatic carbocycles. The Labute approximate surface area is 300 Å². The van der Waals surface area contributed by atoms with Crippen LogP contribution in [-0.4, -0.2) is 130 Å². The highest BCUT2D eigenvalue weighted by atomic mass is 31.3. The number of hydrogen-bond acceptors (Lipinski definition) is 16. The number of anilines is 1. The molecule has 0 bridgehead atoms. The van der Waals surface area contributed by atoms with Gasteiger partial charge in [0, 0.05) is 39.0 Å². The predicted molar refractivity (Wildman–Crippen MR) is 181 cm³/mol. The Bertz CT molecular complexity index is 1500. The van der Waals surface area contributed by atoms with Gasteiger partial charge in [-0.05, 0) is 38.6 Å². The van der Waals surface area contributed by atoms with Crippen LogP contribution < -0.4 is 15.6 Å². The van der Waals surface area contributed by atoms with E-state index in [4.69, 9.17) is 39.2 Å². The number of unbranched alkanes of at least 4 members (excludes halogenated alkanes) is 2. The molecule has 0 saturated carbocycles. The van der Waals surface area contributed by atoms with Gasteiger partial charge in [-0.2, -0.15) is 8.62 Å². The third-order valence-corrected chi connectivity index (χ3v) is 11.1. The average Bonchev–Trinajstić information content (AvgIpc) is 3.54. The van der Waals surface area contributed by atoms with Crippen LogP contribution in [0, 0.1) is 0 Å². The molecule has 9 N–H and O–H groups in total. The highest BCUT2D eigenvalue weighted by Crippen LogP contribution is 2.66. The summed E-state index contributed by atoms with van der Waals surface area (Å²) >= 11 is 0. The van der Waals surface area contributed by atoms with Gasteiger partial charge in [-0.25, -0.2) is 18.3 Å². The maximum Gasteiger partial charge on any atom is 0.490 e. The van der Waals surface area contributed by atoms with Crippen LogP contribution >= 0.6 is 23.5 Å². The van der Waals surface area contributed by atoms with E-state index in [1.54, 1.807) is 24.0 Å². The van der Waals surface area contributed by atoms with Crippen molar-refractivity contribution >= 4 is 40.3 Å². The van der Waals surface area contributed by atoms with Gasteiger partial charge in [0.1, 0.15) is 24.5 Å². The van der Waals surface area contributed by atoms with Gasteiger partial charge in [0.2, 0.25) is 6.23 Å². The molecule has 2 aromatic heterocycles. The van der Waals surface area contributed by atoms with Gasteiger partial charge in [0.05, 0.1) is 45.8 Å². The minimum absolute atomic E-state index is 0.363. The number of nitrogens with two attached hydrogens (primary N) is 1. The smallest absolute Gasteiger partial charge is 0.387 e. The van der Waals surface area contributed by atoms with Crippen molar-refractivity contribution in [3.63, 3.8) is 0 Å². The van der Waals surface area contributed by atoms with Crippen LogP contribution in [0.4, 0.5) is 5.69 Å². The molecular formula is C27H51N5O17P3+. The zero-order valence-corrected chi connectivity index (χ0v) is 31.5. The standard InChI is InChI=1S/C27H50N5O17P3/c1-31-20-32(27-25(34)24(33)22(47-27)19-46-51(38,39)49-52(40,41)48-50(35,36)37)26-23(31)21(7-10-30-26)29-9-6-14-45-18-16-43-12-4-2-3-11-42-15-17-44-13-5-8-28/h7,10,20,22,24-25,27,33-34H,2-6,8-9,11-19,28H2,1H3,(H4-,29,30,35,36,37,38,39,40,41)/p+1. The molecule has 0 aliphatic carbocycles. The normalized spacial score (nSPS) is 21.8. The SMILES string of the molecule is Cn1c[n+](C2OC(COP(=O)(O)OP(=O)(O)OP(=O)(O)O)C(O)C2O)c2nccc(NCCCOCCOCCCCCOCCOCCCN)c21. The molecule has 22 nitrogen and oxygen atoms in total. The molecule has 1 fully saturated rings. The van der Waals surface area contributed by atoms with Crippen molar-refractivity contribution in [1.82, 2.24) is 9.55 Å². The number of phosphoric acid groups is 3. The van der Waals surface area contributed by atoms with Crippen LogP contribution in [0.15, 0.2) is 18.6 Å². The van der Waals surface area contributed by atoms with E-state index in [1.807, 2.05) is 0 Å². The summed E-state index contributed by atoms with van der Waals surface area (Å²) in [7, 11) is -15.1. The number of pyridine rings is 1. The molecule has 3 heterocycles. The molecule has 300 valence electrons. The topological polar surface area (TPSA) is 306 Å². The summed E-state index contributed by atoms with van der Waals surface area (Å²) in [6, 6.07) is 1.76. The summed E-state index contributed by atoms with van der Waals surface area (Å²) in [6.45, 7) is 4.94. The second kappa shape index (κ2) is 22.2. The van der Waals surface area contributed by atoms with Crippen molar-refractivity contribution in [3.8, 4) is 0 Å². The van der Waals surface area contributed by atoms with E-state index < -0.39 is 54.6 Å². The summed E-state index contributed by atoms with van der Waals surface area (Å²) in [5, 5.41) is 24.6. The molecule has 3 rings (SSSR count). The number of ether oxygens (including phenoxy) is 5. The number of aliphatic hydroxyl groups excluding tert-OH is 2. The van der Waals surface area contributed by atoms with Gasteiger partial charge in [0.15, 0.2) is 11.8 Å². The van der Waals surface area contributed by atoms with Crippen molar-refractivity contribution in [2.24, 2.45) is 12.8 Å². The minimum atomic E-state index is -5.74. The maximum atomic E-state index is 12.1. The first kappa shape index (κ1) is 44.9. The summed E-state index contributed by atoms with van der Waals surface area (Å²) < 4.78 is 77.5. The first-order chi connectivity index (χ1) is 24.6. The highest BCUT2D eigenvalue weighted by Gasteiger charge is 2.48. The summed E-state index contributed by atoms with van der Waals surface area (Å²) in [6.07, 6.45) is 1.64. The first-order valence-corrected chi connectivity index (χ1v) is 21.1. The van der Waals surface area contributed by atoms with Crippen molar-refractivity contribution in [2.45, 2.75) is 56.6 Å². The van der Waals surface area contributed by atoms with Crippen LogP contribution in [-0.2, 0) is 57.6 Å². The summed E-state index contributed by atoms with van der Waals surface area (Å²) in [5.41, 5.74) is 7.12. The molecule has 52 heavy (non-hydrogen) atoms. The predicted octanol–water partition coefficient (Wildman–Crippen LogP) is 0.211. The Morgan fingerprint density at radius 2 is 1.44 bits per heavy atom. The number of nitrogens with zero attached hydrogens (tertiary/aromatic N) is 3. The van der Waals surface area contributed by atoms with Crippen LogP contribution in [0.1, 0.15) is 38.3 Å². The Morgan fingerprint density at radius 3 is 2.04 bits per heavy atom. The number of imidazole rings is 1. The van der Waals surface area contributed by atoms with Gasteiger partial charge in [0.25, 0.3) is 0 Å². The molecule has 6 atom stereocenters. The number of fused-ring (bicyclic) bond motifs is 1. The number of rotatable bonds is 28. The lowest BCUT2D eigenvalue weighted by atomic mass is 10.1. The van der Waals surface area contributed by atoms with Crippen molar-refractivity contribution < 1.29 is 84.9 Å². The third kappa shape index (κ3) is 15.7. The molecule has 0 radical (unpaired) electrons. The Kier molecular flexibility index (Phi) is 19.1. The van der Waals surface area contributed by atoms with Crippen LogP contribution in [0.3, 0.4) is 0 Å². The number of aromatic nitrogens is 3. The van der Waals surface area contributed by atoms with E-state index in [0.29, 0.717) is 89.2 Å². The summed E-state index contributed by atoms with van der Waals surface area (Å²) in [5.74, 6) is 0. The maximum absolute atomic E-state index is 12.1. The quantitative estimate of drug-likeness (QED) is 0.0324. The average molecular weight is 811 g/mol. The number of hydrogen-bond donors (Lipinski definition) is 8. The molecule has 2 aromatic rings. The van der Waals surface area contributed by atoms with Crippen molar-refractivity contribution in [1.29, 1.82) is 0 Å². The van der Waals surface area contributed by atoms with Gasteiger partial charge in [-0.15, -0.1) is 4.98 Å². The molecule has 0 amide bonds. The van der Waals surface area contributed by atoms with Crippen molar-refractivity contribution in [2.75, 3.05) is 77.9 Å². The minimum Gasteiger partial charge on any atom is -0.387 e. The van der Waals surface area contributed by atoms with Gasteiger partial charge >= 0.3 is 29.1 Å². The molecule has 1 saturated heterocycles. The summed E-state index contributed by atoms with van der Waals surface area (Å²) in [4.78, 5) is 40.8. The van der Waals surface area contributed by atoms with Crippen LogP contribution in [0.2, 0.25) is 0 Å². The fourth-order valence-corrected chi connectivity index (χ4v) is 8.02.